The molecule has 0 saturated heterocycles. The SMILES string of the molecule is CN(C)/C=C/C(=O)c1ccn(S(=O)(=O)c2ccccc2)c1. The molecule has 2 aromatic rings. The van der Waals surface area contributed by atoms with Crippen LogP contribution in [0.3, 0.4) is 0 Å². The van der Waals surface area contributed by atoms with Crippen LogP contribution in [-0.2, 0) is 10.0 Å². The van der Waals surface area contributed by atoms with E-state index >= 15 is 0 Å². The monoisotopic (exact) mass is 304 g/mol. The molecule has 110 valence electrons. The Morgan fingerprint density at radius 3 is 2.43 bits per heavy atom. The van der Waals surface area contributed by atoms with Crippen molar-refractivity contribution >= 4 is 15.8 Å². The number of hydrogen-bond donors (Lipinski definition) is 0. The molecule has 1 aromatic heterocycles. The number of carbonyl (C=O) groups excluding carboxylic acids is 1. The maximum Gasteiger partial charge on any atom is 0.267 e. The van der Waals surface area contributed by atoms with Gasteiger partial charge >= 0.3 is 0 Å². The van der Waals surface area contributed by atoms with Crippen LogP contribution in [0.15, 0.2) is 66.0 Å². The summed E-state index contributed by atoms with van der Waals surface area (Å²) in [6, 6.07) is 9.58. The molecule has 0 aliphatic heterocycles. The van der Waals surface area contributed by atoms with Gasteiger partial charge in [-0.05, 0) is 18.2 Å². The van der Waals surface area contributed by atoms with Crippen LogP contribution in [0.1, 0.15) is 10.4 Å². The van der Waals surface area contributed by atoms with E-state index in [0.717, 1.165) is 3.97 Å². The van der Waals surface area contributed by atoms with E-state index < -0.39 is 10.0 Å². The van der Waals surface area contributed by atoms with Crippen LogP contribution in [0.2, 0.25) is 0 Å². The summed E-state index contributed by atoms with van der Waals surface area (Å²) in [7, 11) is -0.0522. The summed E-state index contributed by atoms with van der Waals surface area (Å²) in [5.41, 5.74) is 0.326. The van der Waals surface area contributed by atoms with Gasteiger partial charge in [0.2, 0.25) is 0 Å². The molecule has 0 fully saturated rings. The maximum absolute atomic E-state index is 12.4. The van der Waals surface area contributed by atoms with Crippen LogP contribution in [0.25, 0.3) is 0 Å². The Balaban J connectivity index is 2.30. The normalized spacial score (nSPS) is 11.7. The number of rotatable bonds is 5. The Morgan fingerprint density at radius 1 is 1.14 bits per heavy atom. The van der Waals surface area contributed by atoms with Crippen molar-refractivity contribution in [3.05, 3.63) is 66.6 Å². The second-order valence-corrected chi connectivity index (χ2v) is 6.53. The zero-order valence-corrected chi connectivity index (χ0v) is 12.6. The molecule has 0 aliphatic carbocycles. The summed E-state index contributed by atoms with van der Waals surface area (Å²) in [5.74, 6) is -0.245. The summed E-state index contributed by atoms with van der Waals surface area (Å²) >= 11 is 0. The largest absolute Gasteiger partial charge is 0.383 e. The van der Waals surface area contributed by atoms with E-state index in [4.69, 9.17) is 0 Å². The first-order valence-corrected chi connectivity index (χ1v) is 7.73. The third kappa shape index (κ3) is 3.41. The predicted molar refractivity (Wildman–Crippen MR) is 80.6 cm³/mol. The Morgan fingerprint density at radius 2 is 1.81 bits per heavy atom. The lowest BCUT2D eigenvalue weighted by atomic mass is 10.2. The molecule has 0 bridgehead atoms. The van der Waals surface area contributed by atoms with Gasteiger partial charge in [-0.3, -0.25) is 4.79 Å². The highest BCUT2D eigenvalue weighted by atomic mass is 32.2. The molecule has 2 rings (SSSR count). The van der Waals surface area contributed by atoms with Gasteiger partial charge < -0.3 is 4.90 Å². The second-order valence-electron chi connectivity index (χ2n) is 4.69. The Bertz CT molecular complexity index is 759. The molecule has 6 heteroatoms. The van der Waals surface area contributed by atoms with Gasteiger partial charge in [-0.25, -0.2) is 12.4 Å². The molecule has 1 aromatic carbocycles. The van der Waals surface area contributed by atoms with E-state index in [1.807, 2.05) is 0 Å². The fourth-order valence-corrected chi connectivity index (χ4v) is 2.92. The van der Waals surface area contributed by atoms with Crippen molar-refractivity contribution in [1.82, 2.24) is 8.87 Å². The summed E-state index contributed by atoms with van der Waals surface area (Å²) < 4.78 is 25.8. The summed E-state index contributed by atoms with van der Waals surface area (Å²) in [6.07, 6.45) is 5.71. The van der Waals surface area contributed by atoms with Gasteiger partial charge in [0.25, 0.3) is 10.0 Å². The first-order chi connectivity index (χ1) is 9.91. The quantitative estimate of drug-likeness (QED) is 0.626. The predicted octanol–water partition coefficient (Wildman–Crippen LogP) is 1.98. The van der Waals surface area contributed by atoms with Crippen molar-refractivity contribution in [1.29, 1.82) is 0 Å². The lowest BCUT2D eigenvalue weighted by molar-refractivity contribution is 0.104. The molecule has 1 heterocycles. The zero-order chi connectivity index (χ0) is 15.5. The molecule has 0 spiro atoms. The highest BCUT2D eigenvalue weighted by Gasteiger charge is 2.17. The van der Waals surface area contributed by atoms with Crippen LogP contribution in [0.5, 0.6) is 0 Å². The van der Waals surface area contributed by atoms with Gasteiger partial charge in [0.1, 0.15) is 0 Å². The fraction of sp³-hybridized carbons (Fsp3) is 0.133. The van der Waals surface area contributed by atoms with Crippen LogP contribution in [0, 0.1) is 0 Å². The number of aromatic nitrogens is 1. The molecule has 0 saturated carbocycles. The van der Waals surface area contributed by atoms with Crippen molar-refractivity contribution in [2.45, 2.75) is 4.90 Å². The summed E-state index contributed by atoms with van der Waals surface area (Å²) in [4.78, 5) is 13.8. The molecular weight excluding hydrogens is 288 g/mol. The van der Waals surface area contributed by atoms with E-state index in [2.05, 4.69) is 0 Å². The molecule has 0 radical (unpaired) electrons. The van der Waals surface area contributed by atoms with Crippen molar-refractivity contribution in [3.8, 4) is 0 Å². The Hall–Kier alpha value is -2.34. The highest BCUT2D eigenvalue weighted by Crippen LogP contribution is 2.15. The minimum atomic E-state index is -3.65. The van der Waals surface area contributed by atoms with Gasteiger partial charge in [-0.2, -0.15) is 0 Å². The third-order valence-electron chi connectivity index (χ3n) is 2.79. The molecule has 21 heavy (non-hydrogen) atoms. The van der Waals surface area contributed by atoms with Crippen molar-refractivity contribution in [3.63, 3.8) is 0 Å². The number of ketones is 1. The van der Waals surface area contributed by atoms with Crippen LogP contribution >= 0.6 is 0 Å². The lowest BCUT2D eigenvalue weighted by Gasteiger charge is -2.04. The number of nitrogens with zero attached hydrogens (tertiary/aromatic N) is 2. The Labute approximate surface area is 124 Å². The molecule has 0 aliphatic rings. The van der Waals surface area contributed by atoms with Gasteiger partial charge in [-0.1, -0.05) is 18.2 Å². The zero-order valence-electron chi connectivity index (χ0n) is 11.8. The van der Waals surface area contributed by atoms with Crippen molar-refractivity contribution < 1.29 is 13.2 Å². The number of benzene rings is 1. The fourth-order valence-electron chi connectivity index (χ4n) is 1.70. The van der Waals surface area contributed by atoms with Crippen molar-refractivity contribution in [2.75, 3.05) is 14.1 Å². The van der Waals surface area contributed by atoms with Gasteiger partial charge in [-0.15, -0.1) is 0 Å². The van der Waals surface area contributed by atoms with E-state index in [1.165, 1.54) is 36.7 Å². The highest BCUT2D eigenvalue weighted by molar-refractivity contribution is 7.90. The van der Waals surface area contributed by atoms with Crippen LogP contribution < -0.4 is 0 Å². The lowest BCUT2D eigenvalue weighted by Crippen LogP contribution is -2.10. The van der Waals surface area contributed by atoms with Gasteiger partial charge in [0, 0.05) is 44.3 Å². The van der Waals surface area contributed by atoms with E-state index in [-0.39, 0.29) is 10.7 Å². The molecular formula is C15H16N2O3S. The second kappa shape index (κ2) is 5.97. The number of allylic oxidation sites excluding steroid dienone is 1. The van der Waals surface area contributed by atoms with Crippen LogP contribution in [0.4, 0.5) is 0 Å². The topological polar surface area (TPSA) is 59.4 Å². The van der Waals surface area contributed by atoms with Crippen molar-refractivity contribution in [2.24, 2.45) is 0 Å². The third-order valence-corrected chi connectivity index (χ3v) is 4.44. The van der Waals surface area contributed by atoms with Gasteiger partial charge in [0.15, 0.2) is 5.78 Å². The van der Waals surface area contributed by atoms with E-state index in [1.54, 1.807) is 43.4 Å². The average Bonchev–Trinajstić information content (AvgIpc) is 2.96. The summed E-state index contributed by atoms with van der Waals surface area (Å²) in [5, 5.41) is 0. The first kappa shape index (κ1) is 15.1. The molecule has 0 N–H and O–H groups in total. The molecule has 5 nitrogen and oxygen atoms in total. The van der Waals surface area contributed by atoms with E-state index in [9.17, 15) is 13.2 Å². The van der Waals surface area contributed by atoms with E-state index in [0.29, 0.717) is 5.56 Å². The number of carbonyl (C=O) groups is 1. The van der Waals surface area contributed by atoms with Gasteiger partial charge in [0.05, 0.1) is 4.90 Å². The average molecular weight is 304 g/mol. The minimum Gasteiger partial charge on any atom is -0.383 e. The minimum absolute atomic E-state index is 0.184. The number of hydrogen-bond acceptors (Lipinski definition) is 4. The Kier molecular flexibility index (Phi) is 4.28. The molecule has 0 atom stereocenters. The smallest absolute Gasteiger partial charge is 0.267 e. The standard InChI is InChI=1S/C15H16N2O3S/c1-16(2)10-9-15(18)13-8-11-17(12-13)21(19,20)14-6-4-3-5-7-14/h3-12H,1-2H3/b10-9+. The molecule has 0 amide bonds. The molecule has 0 unspecified atom stereocenters. The first-order valence-electron chi connectivity index (χ1n) is 6.29. The maximum atomic E-state index is 12.4. The summed E-state index contributed by atoms with van der Waals surface area (Å²) in [6.45, 7) is 0. The van der Waals surface area contributed by atoms with Crippen LogP contribution in [-0.4, -0.2) is 37.2 Å².